The maximum absolute atomic E-state index is 11.4. The number of carbonyl (C=O) groups is 2. The quantitative estimate of drug-likeness (QED) is 0.577. The molecule has 1 amide bonds. The average Bonchev–Trinajstić information content (AvgIpc) is 2.01. The summed E-state index contributed by atoms with van der Waals surface area (Å²) in [7, 11) is 0. The van der Waals surface area contributed by atoms with E-state index < -0.39 is 23.8 Å². The van der Waals surface area contributed by atoms with E-state index in [1.54, 1.807) is 27.7 Å². The van der Waals surface area contributed by atoms with Crippen LogP contribution in [0.3, 0.4) is 0 Å². The van der Waals surface area contributed by atoms with Crippen molar-refractivity contribution in [1.29, 1.82) is 0 Å². The number of alkyl carbamates (subject to hydrolysis) is 1. The molecule has 88 valence electrons. The molecule has 0 heterocycles. The highest BCUT2D eigenvalue weighted by atomic mass is 16.7. The van der Waals surface area contributed by atoms with Crippen LogP contribution in [0.25, 0.3) is 0 Å². The van der Waals surface area contributed by atoms with E-state index in [9.17, 15) is 9.59 Å². The van der Waals surface area contributed by atoms with Crippen LogP contribution in [-0.2, 0) is 14.3 Å². The van der Waals surface area contributed by atoms with Gasteiger partial charge < -0.3 is 14.8 Å². The third-order valence-electron chi connectivity index (χ3n) is 1.48. The van der Waals surface area contributed by atoms with Crippen LogP contribution in [0.15, 0.2) is 0 Å². The van der Waals surface area contributed by atoms with Crippen LogP contribution in [0, 0.1) is 5.41 Å². The third-order valence-corrected chi connectivity index (χ3v) is 1.48. The van der Waals surface area contributed by atoms with E-state index in [0.717, 1.165) is 0 Å². The van der Waals surface area contributed by atoms with Gasteiger partial charge in [0.1, 0.15) is 0 Å². The fraction of sp³-hybridized carbons (Fsp3) is 0.800. The predicted octanol–water partition coefficient (Wildman–Crippen LogP) is 1.67. The van der Waals surface area contributed by atoms with Crippen molar-refractivity contribution < 1.29 is 19.1 Å². The van der Waals surface area contributed by atoms with E-state index >= 15 is 0 Å². The monoisotopic (exact) mass is 217 g/mol. The van der Waals surface area contributed by atoms with Crippen LogP contribution in [0.2, 0.25) is 0 Å². The van der Waals surface area contributed by atoms with Crippen molar-refractivity contribution >= 4 is 12.1 Å². The molecule has 0 saturated carbocycles. The molecular weight excluding hydrogens is 198 g/mol. The van der Waals surface area contributed by atoms with Crippen LogP contribution >= 0.6 is 0 Å². The molecule has 0 fully saturated rings. The molecule has 1 N–H and O–H groups in total. The number of amides is 1. The van der Waals surface area contributed by atoms with Gasteiger partial charge in [0.25, 0.3) is 0 Å². The summed E-state index contributed by atoms with van der Waals surface area (Å²) in [6.45, 7) is 8.93. The number of rotatable bonds is 3. The van der Waals surface area contributed by atoms with Crippen molar-refractivity contribution in [2.45, 2.75) is 40.9 Å². The zero-order chi connectivity index (χ0) is 12.1. The van der Waals surface area contributed by atoms with Gasteiger partial charge in [-0.3, -0.25) is 4.79 Å². The van der Waals surface area contributed by atoms with Gasteiger partial charge in [0.15, 0.2) is 0 Å². The van der Waals surface area contributed by atoms with Gasteiger partial charge in [0, 0.05) is 13.5 Å². The first-order chi connectivity index (χ1) is 6.77. The lowest BCUT2D eigenvalue weighted by atomic mass is 9.97. The van der Waals surface area contributed by atoms with Gasteiger partial charge in [-0.25, -0.2) is 4.79 Å². The zero-order valence-corrected chi connectivity index (χ0v) is 9.92. The summed E-state index contributed by atoms with van der Waals surface area (Å²) in [4.78, 5) is 22.3. The summed E-state index contributed by atoms with van der Waals surface area (Å²) in [5.74, 6) is -0.403. The summed E-state index contributed by atoms with van der Waals surface area (Å²) in [6.07, 6.45) is -1.46. The van der Waals surface area contributed by atoms with Crippen LogP contribution in [0.4, 0.5) is 4.79 Å². The van der Waals surface area contributed by atoms with Gasteiger partial charge in [-0.15, -0.1) is 0 Å². The van der Waals surface area contributed by atoms with Gasteiger partial charge in [0.05, 0.1) is 5.41 Å². The van der Waals surface area contributed by atoms with Crippen LogP contribution in [0.1, 0.15) is 34.6 Å². The molecule has 0 aliphatic heterocycles. The van der Waals surface area contributed by atoms with Crippen molar-refractivity contribution in [2.75, 3.05) is 6.54 Å². The number of hydrogen-bond acceptors (Lipinski definition) is 4. The summed E-state index contributed by atoms with van der Waals surface area (Å²) in [5.41, 5.74) is -0.598. The van der Waals surface area contributed by atoms with Crippen LogP contribution in [-0.4, -0.2) is 24.9 Å². The fourth-order valence-electron chi connectivity index (χ4n) is 0.688. The second-order valence-electron chi connectivity index (χ2n) is 4.16. The van der Waals surface area contributed by atoms with E-state index in [1.807, 2.05) is 0 Å². The number of ether oxygens (including phenoxy) is 2. The molecule has 1 unspecified atom stereocenters. The Hall–Kier alpha value is -1.26. The van der Waals surface area contributed by atoms with Gasteiger partial charge in [-0.05, 0) is 27.7 Å². The van der Waals surface area contributed by atoms with E-state index in [4.69, 9.17) is 9.47 Å². The second-order valence-corrected chi connectivity index (χ2v) is 4.16. The maximum Gasteiger partial charge on any atom is 0.410 e. The molecule has 0 spiro atoms. The molecule has 0 aliphatic carbocycles. The maximum atomic E-state index is 11.4. The summed E-state index contributed by atoms with van der Waals surface area (Å²) < 4.78 is 9.67. The molecule has 0 aliphatic rings. The summed E-state index contributed by atoms with van der Waals surface area (Å²) >= 11 is 0. The van der Waals surface area contributed by atoms with Gasteiger partial charge in [0.2, 0.25) is 6.29 Å². The van der Waals surface area contributed by atoms with E-state index in [2.05, 4.69) is 5.32 Å². The molecular formula is C10H19NO4. The average molecular weight is 217 g/mol. The first-order valence-corrected chi connectivity index (χ1v) is 4.93. The van der Waals surface area contributed by atoms with E-state index in [0.29, 0.717) is 6.54 Å². The second kappa shape index (κ2) is 5.58. The van der Waals surface area contributed by atoms with Crippen molar-refractivity contribution in [2.24, 2.45) is 5.41 Å². The molecule has 0 aromatic rings. The Balaban J connectivity index is 3.99. The fourth-order valence-corrected chi connectivity index (χ4v) is 0.688. The highest BCUT2D eigenvalue weighted by Gasteiger charge is 2.25. The molecule has 1 atom stereocenters. The first-order valence-electron chi connectivity index (χ1n) is 4.93. The van der Waals surface area contributed by atoms with Crippen molar-refractivity contribution in [3.05, 3.63) is 0 Å². The number of hydrogen-bond donors (Lipinski definition) is 1. The van der Waals surface area contributed by atoms with Crippen LogP contribution in [0.5, 0.6) is 0 Å². The topological polar surface area (TPSA) is 64.6 Å². The standard InChI is InChI=1S/C10H19NO4/c1-6-11-9(13)15-7(2)14-8(12)10(3,4)5/h7H,6H2,1-5H3,(H,11,13). The number of carbonyl (C=O) groups excluding carboxylic acids is 2. The Bertz CT molecular complexity index is 232. The normalized spacial score (nSPS) is 12.9. The first kappa shape index (κ1) is 13.7. The van der Waals surface area contributed by atoms with Gasteiger partial charge in [-0.2, -0.15) is 0 Å². The Labute approximate surface area is 90.1 Å². The smallest absolute Gasteiger partial charge is 0.410 e. The summed E-state index contributed by atoms with van der Waals surface area (Å²) in [5, 5.41) is 2.44. The van der Waals surface area contributed by atoms with E-state index in [-0.39, 0.29) is 0 Å². The highest BCUT2D eigenvalue weighted by Crippen LogP contribution is 2.16. The molecule has 0 bridgehead atoms. The molecule has 0 aromatic heterocycles. The molecule has 0 radical (unpaired) electrons. The number of nitrogens with one attached hydrogen (secondary N) is 1. The van der Waals surface area contributed by atoms with Crippen molar-refractivity contribution in [1.82, 2.24) is 5.32 Å². The molecule has 0 aromatic carbocycles. The van der Waals surface area contributed by atoms with Gasteiger partial charge in [-0.1, -0.05) is 0 Å². The van der Waals surface area contributed by atoms with Gasteiger partial charge >= 0.3 is 12.1 Å². The highest BCUT2D eigenvalue weighted by molar-refractivity contribution is 5.75. The molecule has 0 saturated heterocycles. The van der Waals surface area contributed by atoms with E-state index in [1.165, 1.54) is 6.92 Å². The molecule has 5 heteroatoms. The zero-order valence-electron chi connectivity index (χ0n) is 9.92. The van der Waals surface area contributed by atoms with Crippen molar-refractivity contribution in [3.8, 4) is 0 Å². The molecule has 5 nitrogen and oxygen atoms in total. The Kier molecular flexibility index (Phi) is 5.11. The lowest BCUT2D eigenvalue weighted by molar-refractivity contribution is -0.174. The van der Waals surface area contributed by atoms with Crippen LogP contribution < -0.4 is 5.32 Å². The third kappa shape index (κ3) is 5.93. The minimum Gasteiger partial charge on any atom is -0.425 e. The number of esters is 1. The lowest BCUT2D eigenvalue weighted by Gasteiger charge is -2.20. The minimum absolute atomic E-state index is 0.403. The molecule has 0 rings (SSSR count). The van der Waals surface area contributed by atoms with Crippen molar-refractivity contribution in [3.63, 3.8) is 0 Å². The lowest BCUT2D eigenvalue weighted by Crippen LogP contribution is -2.33. The largest absolute Gasteiger partial charge is 0.425 e. The summed E-state index contributed by atoms with van der Waals surface area (Å²) in [6, 6.07) is 0. The Morgan fingerprint density at radius 2 is 1.80 bits per heavy atom. The Morgan fingerprint density at radius 3 is 2.20 bits per heavy atom. The minimum atomic E-state index is -0.872. The SMILES string of the molecule is CCNC(=O)OC(C)OC(=O)C(C)(C)C. The molecule has 15 heavy (non-hydrogen) atoms. The predicted molar refractivity (Wildman–Crippen MR) is 55.2 cm³/mol. The Morgan fingerprint density at radius 1 is 1.27 bits per heavy atom.